The van der Waals surface area contributed by atoms with E-state index < -0.39 is 0 Å². The van der Waals surface area contributed by atoms with E-state index in [-0.39, 0.29) is 0 Å². The van der Waals surface area contributed by atoms with Gasteiger partial charge in [-0.2, -0.15) is 0 Å². The molecule has 6 heavy (non-hydrogen) atoms. The maximum Gasteiger partial charge on any atom is -0.00489 e. The molecule has 1 nitrogen and oxygen atoms in total. The molecule has 0 unspecified atom stereocenters. The third kappa shape index (κ3) is 0.977. The first kappa shape index (κ1) is 4.13. The molecule has 36 valence electrons. The van der Waals surface area contributed by atoms with Crippen LogP contribution in [-0.2, 0) is 0 Å². The molecule has 0 atom stereocenters. The van der Waals surface area contributed by atoms with Crippen molar-refractivity contribution in [2.45, 2.75) is 19.3 Å². The summed E-state index contributed by atoms with van der Waals surface area (Å²) in [5.41, 5.74) is 0. The molecule has 1 heteroatoms. The van der Waals surface area contributed by atoms with Crippen LogP contribution in [-0.4, -0.2) is 13.1 Å². The maximum absolute atomic E-state index is 3.28. The Kier molecular flexibility index (Phi) is 1.51. The van der Waals surface area contributed by atoms with Crippen LogP contribution in [0.1, 0.15) is 19.3 Å². The van der Waals surface area contributed by atoms with Gasteiger partial charge >= 0.3 is 0 Å². The minimum atomic E-state index is 1.25. The lowest BCUT2D eigenvalue weighted by Gasteiger charge is -2.08. The van der Waals surface area contributed by atoms with Gasteiger partial charge in [0.05, 0.1) is 0 Å². The highest BCUT2D eigenvalue weighted by Gasteiger charge is 1.93. The molecule has 1 fully saturated rings. The number of rotatable bonds is 0. The van der Waals surface area contributed by atoms with E-state index in [1.807, 2.05) is 0 Å². The summed E-state index contributed by atoms with van der Waals surface area (Å²) in [6.07, 6.45) is 4.22. The fraction of sp³-hybridized carbons (Fsp3) is 1.00. The highest BCUT2D eigenvalue weighted by atomic mass is 15.4. The van der Waals surface area contributed by atoms with E-state index in [0.29, 0.717) is 0 Å². The second-order valence-electron chi connectivity index (χ2n) is 1.81. The lowest BCUT2D eigenvalue weighted by atomic mass is 10.3. The molecule has 0 bridgehead atoms. The smallest absolute Gasteiger partial charge is 0.00489 e. The molecule has 0 saturated carbocycles. The zero-order valence-corrected chi connectivity index (χ0v) is 4.04. The second-order valence-corrected chi connectivity index (χ2v) is 1.81. The Labute approximate surface area is 38.7 Å². The Morgan fingerprint density at radius 1 is 1.33 bits per heavy atom. The number of hydrogen-bond donors (Lipinski definition) is 1. The quantitative estimate of drug-likeness (QED) is 0.460. The Morgan fingerprint density at radius 3 is 2.50 bits per heavy atom. The number of piperidine rings is 1. The van der Waals surface area contributed by atoms with Gasteiger partial charge in [0.2, 0.25) is 0 Å². The van der Waals surface area contributed by atoms with Gasteiger partial charge < -0.3 is 5.32 Å². The van der Waals surface area contributed by atoms with E-state index in [9.17, 15) is 0 Å². The Hall–Kier alpha value is -0.0400. The van der Waals surface area contributed by atoms with E-state index in [0.717, 1.165) is 0 Å². The van der Waals surface area contributed by atoms with E-state index in [1.54, 1.807) is 0 Å². The summed E-state index contributed by atoms with van der Waals surface area (Å²) < 4.78 is 0. The van der Waals surface area contributed by atoms with Crippen molar-refractivity contribution in [3.8, 4) is 0 Å². The predicted octanol–water partition coefficient (Wildman–Crippen LogP) is 0.760. The van der Waals surface area contributed by atoms with E-state index in [4.69, 9.17) is 0 Å². The molecule has 0 aromatic rings. The van der Waals surface area contributed by atoms with Crippen LogP contribution in [0, 0.1) is 0 Å². The van der Waals surface area contributed by atoms with Gasteiger partial charge in [0, 0.05) is 0 Å². The summed E-state index contributed by atoms with van der Waals surface area (Å²) >= 11 is 0. The van der Waals surface area contributed by atoms with Gasteiger partial charge in [-0.3, -0.25) is 0 Å². The van der Waals surface area contributed by atoms with Gasteiger partial charge in [-0.05, 0) is 25.9 Å². The lowest BCUT2D eigenvalue weighted by Crippen LogP contribution is -2.21. The fourth-order valence-electron chi connectivity index (χ4n) is 0.802. The molecule has 1 aliphatic heterocycles. The topological polar surface area (TPSA) is 12.0 Å². The van der Waals surface area contributed by atoms with Gasteiger partial charge in [-0.25, -0.2) is 0 Å². The van der Waals surface area contributed by atoms with Crippen LogP contribution in [0.4, 0.5) is 0 Å². The van der Waals surface area contributed by atoms with Crippen molar-refractivity contribution < 1.29 is 0 Å². The number of nitrogens with one attached hydrogen (secondary N) is 1. The third-order valence-electron chi connectivity index (χ3n) is 1.21. The van der Waals surface area contributed by atoms with Crippen molar-refractivity contribution in [3.05, 3.63) is 0 Å². The minimum Gasteiger partial charge on any atom is -0.317 e. The number of hydrogen-bond acceptors (Lipinski definition) is 1. The second kappa shape index (κ2) is 2.19. The van der Waals surface area contributed by atoms with Crippen LogP contribution >= 0.6 is 0 Å². The summed E-state index contributed by atoms with van der Waals surface area (Å²) in [5, 5.41) is 3.28. The molecule has 0 aromatic carbocycles. The monoisotopic (exact) mass is 87.1 g/mol. The highest BCUT2D eigenvalue weighted by molar-refractivity contribution is 4.55. The van der Waals surface area contributed by atoms with Crippen molar-refractivity contribution in [2.75, 3.05) is 13.1 Å². The van der Waals surface area contributed by atoms with Crippen LogP contribution < -0.4 is 5.32 Å². The minimum absolute atomic E-state index is 1.25. The standard InChI is InChI=1S/C5H11N/c1-2-4-6-5-3-1/h6H,1-5H2/i4+2. The van der Waals surface area contributed by atoms with Crippen molar-refractivity contribution in [1.82, 2.24) is 5.32 Å². The molecule has 0 spiro atoms. The van der Waals surface area contributed by atoms with Crippen molar-refractivity contribution in [2.24, 2.45) is 0 Å². The van der Waals surface area contributed by atoms with Crippen LogP contribution in [0.25, 0.3) is 0 Å². The van der Waals surface area contributed by atoms with Crippen LogP contribution in [0.3, 0.4) is 0 Å². The van der Waals surface area contributed by atoms with Crippen LogP contribution in [0.5, 0.6) is 0 Å². The molecule has 0 aromatic heterocycles. The molecule has 0 amide bonds. The third-order valence-corrected chi connectivity index (χ3v) is 1.21. The normalized spacial score (nSPS) is 24.0. The molecule has 1 N–H and O–H groups in total. The molecular weight excluding hydrogens is 76.1 g/mol. The van der Waals surface area contributed by atoms with Gasteiger partial charge in [0.1, 0.15) is 0 Å². The van der Waals surface area contributed by atoms with Crippen LogP contribution in [0.15, 0.2) is 0 Å². The van der Waals surface area contributed by atoms with E-state index in [2.05, 4.69) is 5.32 Å². The SMILES string of the molecule is C1CCN[14CH2]C1. The average molecular weight is 87.1 g/mol. The summed E-state index contributed by atoms with van der Waals surface area (Å²) in [7, 11) is 0. The fourth-order valence-corrected chi connectivity index (χ4v) is 0.802. The van der Waals surface area contributed by atoms with Gasteiger partial charge in [0.15, 0.2) is 0 Å². The first-order valence-corrected chi connectivity index (χ1v) is 2.71. The molecule has 0 radical (unpaired) electrons. The average Bonchev–Trinajstić information content (AvgIpc) is 1.72. The van der Waals surface area contributed by atoms with E-state index in [1.165, 1.54) is 32.4 Å². The van der Waals surface area contributed by atoms with E-state index >= 15 is 0 Å². The zero-order chi connectivity index (χ0) is 4.24. The molecular formula is C5H11N. The highest BCUT2D eigenvalue weighted by Crippen LogP contribution is 1.96. The van der Waals surface area contributed by atoms with Gasteiger partial charge in [0.25, 0.3) is 0 Å². The Bertz CT molecular complexity index is 19.4. The molecule has 0 aliphatic carbocycles. The molecule has 1 rings (SSSR count). The first-order valence-electron chi connectivity index (χ1n) is 2.71. The Morgan fingerprint density at radius 2 is 2.33 bits per heavy atom. The van der Waals surface area contributed by atoms with Crippen molar-refractivity contribution >= 4 is 0 Å². The molecule has 1 heterocycles. The van der Waals surface area contributed by atoms with Crippen molar-refractivity contribution in [1.29, 1.82) is 0 Å². The summed E-state index contributed by atoms with van der Waals surface area (Å²) in [6.45, 7) is 2.50. The van der Waals surface area contributed by atoms with Gasteiger partial charge in [-0.15, -0.1) is 0 Å². The zero-order valence-electron chi connectivity index (χ0n) is 4.04. The first-order chi connectivity index (χ1) is 3.00. The summed E-state index contributed by atoms with van der Waals surface area (Å²) in [4.78, 5) is 0. The molecule has 1 aliphatic rings. The predicted molar refractivity (Wildman–Crippen MR) is 26.7 cm³/mol. The Balaban J connectivity index is 2.00. The van der Waals surface area contributed by atoms with Gasteiger partial charge in [-0.1, -0.05) is 6.42 Å². The summed E-state index contributed by atoms with van der Waals surface area (Å²) in [5.74, 6) is 0. The van der Waals surface area contributed by atoms with Crippen LogP contribution in [0.2, 0.25) is 0 Å². The van der Waals surface area contributed by atoms with Crippen molar-refractivity contribution in [3.63, 3.8) is 0 Å². The lowest BCUT2D eigenvalue weighted by molar-refractivity contribution is 0.520. The molecule has 1 saturated heterocycles. The maximum atomic E-state index is 3.28. The largest absolute Gasteiger partial charge is 0.317 e. The summed E-state index contributed by atoms with van der Waals surface area (Å²) in [6, 6.07) is 0.